The Labute approximate surface area is 201 Å². The quantitative estimate of drug-likeness (QED) is 0.170. The lowest BCUT2D eigenvalue weighted by Gasteiger charge is -2.25. The Balaban J connectivity index is 1.75. The van der Waals surface area contributed by atoms with Gasteiger partial charge in [-0.3, -0.25) is 19.6 Å². The second-order valence-corrected chi connectivity index (χ2v) is 9.47. The van der Waals surface area contributed by atoms with E-state index in [1.807, 2.05) is 25.1 Å². The molecular weight excluding hydrogens is 460 g/mol. The van der Waals surface area contributed by atoms with Crippen molar-refractivity contribution in [3.8, 4) is 5.75 Å². The molecule has 11 nitrogen and oxygen atoms in total. The monoisotopic (exact) mass is 492 g/mol. The van der Waals surface area contributed by atoms with Crippen LogP contribution in [0.3, 0.4) is 0 Å². The van der Waals surface area contributed by atoms with Crippen molar-refractivity contribution in [1.82, 2.24) is 14.9 Å². The number of likely N-dealkylation sites (tertiary alicyclic amines) is 1. The van der Waals surface area contributed by atoms with E-state index < -0.39 is 29.9 Å². The second-order valence-electron chi connectivity index (χ2n) is 8.32. The van der Waals surface area contributed by atoms with Gasteiger partial charge in [-0.15, -0.1) is 0 Å². The molecule has 1 saturated heterocycles. The molecule has 1 aromatic heterocycles. The fraction of sp³-hybridized carbons (Fsp3) is 0.500. The zero-order valence-corrected chi connectivity index (χ0v) is 20.1. The van der Waals surface area contributed by atoms with Crippen molar-refractivity contribution in [3.63, 3.8) is 0 Å². The highest BCUT2D eigenvalue weighted by Gasteiger charge is 2.43. The van der Waals surface area contributed by atoms with E-state index in [9.17, 15) is 19.6 Å². The van der Waals surface area contributed by atoms with Gasteiger partial charge in [0.05, 0.1) is 25.6 Å². The summed E-state index contributed by atoms with van der Waals surface area (Å²) in [6.07, 6.45) is 0.0524. The van der Waals surface area contributed by atoms with Gasteiger partial charge in [0.2, 0.25) is 11.8 Å². The number of nitrogens with one attached hydrogen (secondary N) is 1. The van der Waals surface area contributed by atoms with E-state index in [0.29, 0.717) is 28.9 Å². The van der Waals surface area contributed by atoms with Gasteiger partial charge >= 0.3 is 0 Å². The topological polar surface area (TPSA) is 181 Å². The van der Waals surface area contributed by atoms with Gasteiger partial charge in [-0.1, -0.05) is 0 Å². The molecule has 0 radical (unpaired) electrons. The summed E-state index contributed by atoms with van der Waals surface area (Å²) in [4.78, 5) is 42.5. The highest BCUT2D eigenvalue weighted by molar-refractivity contribution is 7.99. The molecule has 3 rings (SSSR count). The number of benzene rings is 1. The van der Waals surface area contributed by atoms with E-state index in [-0.39, 0.29) is 25.3 Å². The molecule has 1 aliphatic heterocycles. The number of amides is 3. The Kier molecular flexibility index (Phi) is 8.42. The Morgan fingerprint density at radius 3 is 2.76 bits per heavy atom. The van der Waals surface area contributed by atoms with Crippen molar-refractivity contribution in [1.29, 1.82) is 0 Å². The van der Waals surface area contributed by atoms with Gasteiger partial charge in [-0.25, -0.2) is 5.06 Å². The van der Waals surface area contributed by atoms with Crippen molar-refractivity contribution >= 4 is 40.4 Å². The highest BCUT2D eigenvalue weighted by atomic mass is 32.2. The SMILES string of the molecule is COc1ccc2[nH]c(C)c(CC(=O)N3C[C@@H](N(O)C(=O)[C@@H](N)CSCCN)C[C@H]3C(N)=O)c2c1. The van der Waals surface area contributed by atoms with Crippen molar-refractivity contribution in [2.75, 3.05) is 31.7 Å². The van der Waals surface area contributed by atoms with Gasteiger partial charge in [0.25, 0.3) is 5.91 Å². The van der Waals surface area contributed by atoms with E-state index in [0.717, 1.165) is 22.2 Å². The number of nitrogens with zero attached hydrogens (tertiary/aromatic N) is 2. The molecule has 3 amide bonds. The van der Waals surface area contributed by atoms with Gasteiger partial charge in [0.1, 0.15) is 11.8 Å². The molecule has 1 fully saturated rings. The molecule has 186 valence electrons. The fourth-order valence-corrected chi connectivity index (χ4v) is 4.95. The molecule has 2 heterocycles. The number of carbonyl (C=O) groups excluding carboxylic acids is 3. The molecule has 8 N–H and O–H groups in total. The molecule has 0 bridgehead atoms. The van der Waals surface area contributed by atoms with Crippen LogP contribution in [0, 0.1) is 6.92 Å². The van der Waals surface area contributed by atoms with Crippen molar-refractivity contribution < 1.29 is 24.3 Å². The summed E-state index contributed by atoms with van der Waals surface area (Å²) in [5, 5.41) is 11.9. The number of rotatable bonds is 10. The summed E-state index contributed by atoms with van der Waals surface area (Å²) in [6.45, 7) is 2.30. The number of aryl methyl sites for hydroxylation is 1. The summed E-state index contributed by atoms with van der Waals surface area (Å²) in [5.74, 6) is -0.108. The van der Waals surface area contributed by atoms with E-state index in [4.69, 9.17) is 21.9 Å². The molecule has 3 atom stereocenters. The number of hydrogen-bond acceptors (Lipinski definition) is 8. The number of aromatic amines is 1. The third-order valence-electron chi connectivity index (χ3n) is 6.03. The number of methoxy groups -OCH3 is 1. The lowest BCUT2D eigenvalue weighted by atomic mass is 10.1. The van der Waals surface area contributed by atoms with Gasteiger partial charge in [0, 0.05) is 47.6 Å². The number of H-pyrrole nitrogens is 1. The van der Waals surface area contributed by atoms with E-state index >= 15 is 0 Å². The van der Waals surface area contributed by atoms with E-state index in [1.165, 1.54) is 16.7 Å². The number of fused-ring (bicyclic) bond motifs is 1. The maximum absolute atomic E-state index is 13.3. The van der Waals surface area contributed by atoms with Crippen LogP contribution in [0.5, 0.6) is 5.75 Å². The highest BCUT2D eigenvalue weighted by Crippen LogP contribution is 2.29. The first kappa shape index (κ1) is 25.8. The largest absolute Gasteiger partial charge is 0.497 e. The van der Waals surface area contributed by atoms with Crippen LogP contribution in [0.2, 0.25) is 0 Å². The summed E-state index contributed by atoms with van der Waals surface area (Å²) < 4.78 is 5.30. The molecular formula is C22H32N6O5S. The predicted octanol–water partition coefficient (Wildman–Crippen LogP) is -0.281. The Hall–Kier alpha value is -2.80. The van der Waals surface area contributed by atoms with Crippen LogP contribution in [-0.4, -0.2) is 87.7 Å². The molecule has 1 aromatic carbocycles. The number of hydroxylamine groups is 2. The van der Waals surface area contributed by atoms with Crippen molar-refractivity contribution in [2.45, 2.75) is 37.9 Å². The van der Waals surface area contributed by atoms with Crippen LogP contribution < -0.4 is 21.9 Å². The minimum Gasteiger partial charge on any atom is -0.497 e. The first-order chi connectivity index (χ1) is 16.2. The minimum atomic E-state index is -0.942. The summed E-state index contributed by atoms with van der Waals surface area (Å²) in [5.41, 5.74) is 19.4. The second kappa shape index (κ2) is 11.1. The standard InChI is InChI=1S/C22H32N6O5S/c1-12-15(16-8-14(33-2)3-4-18(16)26-12)9-20(29)27-10-13(7-19(27)21(25)30)28(32)22(31)17(24)11-34-6-5-23/h3-4,8,13,17,19,26,32H,5-7,9-11,23-24H2,1-2H3,(H2,25,30)/t13-,17-,19-/m0/s1. The maximum atomic E-state index is 13.3. The molecule has 0 aliphatic carbocycles. The van der Waals surface area contributed by atoms with Crippen LogP contribution in [-0.2, 0) is 20.8 Å². The Morgan fingerprint density at radius 2 is 2.12 bits per heavy atom. The Morgan fingerprint density at radius 1 is 1.38 bits per heavy atom. The summed E-state index contributed by atoms with van der Waals surface area (Å²) in [6, 6.07) is 2.88. The first-order valence-corrected chi connectivity index (χ1v) is 12.1. The maximum Gasteiger partial charge on any atom is 0.263 e. The number of aromatic nitrogens is 1. The van der Waals surface area contributed by atoms with Gasteiger partial charge < -0.3 is 31.8 Å². The minimum absolute atomic E-state index is 0.0180. The number of carbonyl (C=O) groups is 3. The van der Waals surface area contributed by atoms with Gasteiger partial charge in [-0.05, 0) is 30.7 Å². The fourth-order valence-electron chi connectivity index (χ4n) is 4.22. The zero-order valence-electron chi connectivity index (χ0n) is 19.3. The molecule has 1 aliphatic rings. The third kappa shape index (κ3) is 5.46. The smallest absolute Gasteiger partial charge is 0.263 e. The number of hydrogen-bond donors (Lipinski definition) is 5. The molecule has 0 saturated carbocycles. The lowest BCUT2D eigenvalue weighted by molar-refractivity contribution is -0.176. The van der Waals surface area contributed by atoms with Crippen LogP contribution in [0.25, 0.3) is 10.9 Å². The average Bonchev–Trinajstić information content (AvgIpc) is 3.39. The molecule has 12 heteroatoms. The van der Waals surface area contributed by atoms with Crippen LogP contribution in [0.15, 0.2) is 18.2 Å². The summed E-state index contributed by atoms with van der Waals surface area (Å²) in [7, 11) is 1.57. The van der Waals surface area contributed by atoms with Crippen molar-refractivity contribution in [3.05, 3.63) is 29.5 Å². The zero-order chi connectivity index (χ0) is 25.0. The van der Waals surface area contributed by atoms with E-state index in [1.54, 1.807) is 7.11 Å². The lowest BCUT2D eigenvalue weighted by Crippen LogP contribution is -2.49. The number of nitrogens with two attached hydrogens (primary N) is 3. The van der Waals surface area contributed by atoms with Crippen LogP contribution >= 0.6 is 11.8 Å². The molecule has 0 spiro atoms. The first-order valence-electron chi connectivity index (χ1n) is 11.0. The predicted molar refractivity (Wildman–Crippen MR) is 129 cm³/mol. The molecule has 0 unspecified atom stereocenters. The van der Waals surface area contributed by atoms with Gasteiger partial charge in [0.15, 0.2) is 0 Å². The normalized spacial score (nSPS) is 18.8. The third-order valence-corrected chi connectivity index (χ3v) is 7.15. The Bertz CT molecular complexity index is 1060. The van der Waals surface area contributed by atoms with Crippen LogP contribution in [0.4, 0.5) is 0 Å². The van der Waals surface area contributed by atoms with Crippen LogP contribution in [0.1, 0.15) is 17.7 Å². The molecule has 2 aromatic rings. The molecule has 34 heavy (non-hydrogen) atoms. The number of thioether (sulfide) groups is 1. The van der Waals surface area contributed by atoms with Crippen molar-refractivity contribution in [2.24, 2.45) is 17.2 Å². The average molecular weight is 493 g/mol. The number of ether oxygens (including phenoxy) is 1. The summed E-state index contributed by atoms with van der Waals surface area (Å²) >= 11 is 1.41. The number of primary amides is 1. The van der Waals surface area contributed by atoms with Gasteiger partial charge in [-0.2, -0.15) is 11.8 Å². The van der Waals surface area contributed by atoms with E-state index in [2.05, 4.69) is 4.98 Å².